The van der Waals surface area contributed by atoms with Gasteiger partial charge in [-0.2, -0.15) is 0 Å². The summed E-state index contributed by atoms with van der Waals surface area (Å²) >= 11 is 0. The zero-order valence-corrected chi connectivity index (χ0v) is 21.9. The fourth-order valence-corrected chi connectivity index (χ4v) is 6.08. The lowest BCUT2D eigenvalue weighted by Gasteiger charge is -2.03. The van der Waals surface area contributed by atoms with Gasteiger partial charge in [0.25, 0.3) is 0 Å². The van der Waals surface area contributed by atoms with Gasteiger partial charge < -0.3 is 9.13 Å². The molecule has 2 aromatic heterocycles. The van der Waals surface area contributed by atoms with E-state index in [0.717, 1.165) is 13.1 Å². The Kier molecular flexibility index (Phi) is 5.40. The van der Waals surface area contributed by atoms with Crippen molar-refractivity contribution in [3.05, 3.63) is 131 Å². The maximum absolute atomic E-state index is 2.40. The number of hydrogen-bond acceptors (Lipinski definition) is 0. The molecule has 0 unspecified atom stereocenters. The van der Waals surface area contributed by atoms with E-state index < -0.39 is 0 Å². The van der Waals surface area contributed by atoms with Gasteiger partial charge in [-0.1, -0.05) is 72.8 Å². The Morgan fingerprint density at radius 1 is 0.447 bits per heavy atom. The predicted octanol–water partition coefficient (Wildman–Crippen LogP) is 7.60. The topological polar surface area (TPSA) is 9.86 Å². The highest BCUT2D eigenvalue weighted by Crippen LogP contribution is 2.31. The maximum Gasteiger partial charge on any atom is 0.0491 e. The molecule has 0 saturated carbocycles. The van der Waals surface area contributed by atoms with Crippen LogP contribution in [0.2, 0.25) is 0 Å². The zero-order chi connectivity index (χ0) is 25.6. The van der Waals surface area contributed by atoms with E-state index in [0.29, 0.717) is 0 Å². The number of benzene rings is 5. The molecule has 0 aliphatic rings. The van der Waals surface area contributed by atoms with Gasteiger partial charge in [0.05, 0.1) is 0 Å². The molecule has 0 N–H and O–H groups in total. The quantitative estimate of drug-likeness (QED) is 0.240. The van der Waals surface area contributed by atoms with Crippen LogP contribution in [0.3, 0.4) is 0 Å². The third-order valence-electron chi connectivity index (χ3n) is 7.83. The molecule has 38 heavy (non-hydrogen) atoms. The van der Waals surface area contributed by atoms with Gasteiger partial charge in [-0.15, -0.1) is 0 Å². The van der Waals surface area contributed by atoms with Crippen LogP contribution in [0.25, 0.3) is 55.8 Å². The third kappa shape index (κ3) is 3.64. The average Bonchev–Trinajstić information content (AvgIpc) is 3.45. The van der Waals surface area contributed by atoms with Crippen LogP contribution in [-0.4, -0.2) is 9.13 Å². The Morgan fingerprint density at radius 3 is 1.26 bits per heavy atom. The standard InChI is InChI=1S/C36H30N2/c1-3-37-33-11-7-5-9-29(33)31-23-27(17-19-35(31)37)21-25-13-15-26(16-14-25)22-28-18-20-36-32(24-28)30-10-6-8-12-34(30)38(36)4-2/h5-24H,3-4H2,1-2H3. The molecule has 0 aliphatic carbocycles. The van der Waals surface area contributed by atoms with Crippen molar-refractivity contribution in [2.24, 2.45) is 0 Å². The molecule has 7 aromatic rings. The summed E-state index contributed by atoms with van der Waals surface area (Å²) in [4.78, 5) is 0. The summed E-state index contributed by atoms with van der Waals surface area (Å²) in [6, 6.07) is 39.9. The number of aromatic nitrogens is 2. The molecule has 0 atom stereocenters. The van der Waals surface area contributed by atoms with Crippen LogP contribution in [0.1, 0.15) is 25.0 Å². The first-order valence-electron chi connectivity index (χ1n) is 13.5. The van der Waals surface area contributed by atoms with Crippen LogP contribution < -0.4 is 10.4 Å². The van der Waals surface area contributed by atoms with Crippen molar-refractivity contribution in [2.75, 3.05) is 0 Å². The molecular weight excluding hydrogens is 460 g/mol. The number of hydrogen-bond donors (Lipinski definition) is 0. The molecule has 2 heteroatoms. The minimum absolute atomic E-state index is 0.971. The number of aryl methyl sites for hydroxylation is 2. The first-order valence-corrected chi connectivity index (χ1v) is 13.5. The Balaban J connectivity index is 1.26. The molecule has 0 amide bonds. The van der Waals surface area contributed by atoms with Gasteiger partial charge in [-0.05, 0) is 84.0 Å². The van der Waals surface area contributed by atoms with E-state index in [1.54, 1.807) is 0 Å². The largest absolute Gasteiger partial charge is 0.341 e. The van der Waals surface area contributed by atoms with Gasteiger partial charge in [-0.25, -0.2) is 0 Å². The molecule has 0 fully saturated rings. The number of fused-ring (bicyclic) bond motifs is 6. The minimum Gasteiger partial charge on any atom is -0.341 e. The Morgan fingerprint density at radius 2 is 0.842 bits per heavy atom. The highest BCUT2D eigenvalue weighted by molar-refractivity contribution is 6.09. The molecule has 0 spiro atoms. The van der Waals surface area contributed by atoms with Crippen LogP contribution in [-0.2, 0) is 13.1 Å². The minimum atomic E-state index is 0.971. The van der Waals surface area contributed by atoms with Crippen molar-refractivity contribution in [1.82, 2.24) is 9.13 Å². The Hall–Kier alpha value is -4.56. The monoisotopic (exact) mass is 490 g/mol. The van der Waals surface area contributed by atoms with Gasteiger partial charge in [0.15, 0.2) is 0 Å². The van der Waals surface area contributed by atoms with E-state index in [-0.39, 0.29) is 0 Å². The predicted molar refractivity (Wildman–Crippen MR) is 163 cm³/mol. The Labute approximate surface area is 222 Å². The van der Waals surface area contributed by atoms with E-state index in [1.165, 1.54) is 65.2 Å². The zero-order valence-electron chi connectivity index (χ0n) is 21.9. The van der Waals surface area contributed by atoms with Gasteiger partial charge in [-0.3, -0.25) is 0 Å². The Bertz CT molecular complexity index is 1930. The van der Waals surface area contributed by atoms with E-state index in [1.807, 2.05) is 0 Å². The van der Waals surface area contributed by atoms with Crippen LogP contribution in [0.5, 0.6) is 0 Å². The summed E-state index contributed by atoms with van der Waals surface area (Å²) in [6.45, 7) is 6.37. The second kappa shape index (κ2) is 9.08. The van der Waals surface area contributed by atoms with Crippen LogP contribution >= 0.6 is 0 Å². The molecule has 7 rings (SSSR count). The summed E-state index contributed by atoms with van der Waals surface area (Å²) in [7, 11) is 0. The molecule has 0 bridgehead atoms. The van der Waals surface area contributed by atoms with E-state index in [2.05, 4.69) is 144 Å². The third-order valence-corrected chi connectivity index (χ3v) is 7.83. The molecule has 2 heterocycles. The fourth-order valence-electron chi connectivity index (χ4n) is 6.08. The van der Waals surface area contributed by atoms with E-state index in [4.69, 9.17) is 0 Å². The summed E-state index contributed by atoms with van der Waals surface area (Å²) < 4.78 is 4.80. The van der Waals surface area contributed by atoms with Crippen molar-refractivity contribution in [3.63, 3.8) is 0 Å². The highest BCUT2D eigenvalue weighted by Gasteiger charge is 2.10. The summed E-state index contributed by atoms with van der Waals surface area (Å²) in [5.41, 5.74) is 7.67. The molecule has 0 radical (unpaired) electrons. The number of nitrogens with zero attached hydrogens (tertiary/aromatic N) is 2. The molecule has 0 aliphatic heterocycles. The maximum atomic E-state index is 2.40. The first-order chi connectivity index (χ1) is 18.7. The van der Waals surface area contributed by atoms with Gasteiger partial charge in [0.1, 0.15) is 0 Å². The molecule has 5 aromatic carbocycles. The van der Waals surface area contributed by atoms with Crippen molar-refractivity contribution in [3.8, 4) is 0 Å². The lowest BCUT2D eigenvalue weighted by molar-refractivity contribution is 0.827. The SMILES string of the molecule is CCn1c2ccccc2c2cc(C=c3ccc(=Cc4ccc5c(c4)c4ccccc4n5CC)cc3)ccc21. The second-order valence-electron chi connectivity index (χ2n) is 10.0. The molecule has 2 nitrogen and oxygen atoms in total. The van der Waals surface area contributed by atoms with E-state index in [9.17, 15) is 0 Å². The highest BCUT2D eigenvalue weighted by atomic mass is 15.0. The molecule has 0 saturated heterocycles. The summed E-state index contributed by atoms with van der Waals surface area (Å²) in [5, 5.41) is 7.71. The molecular formula is C36H30N2. The number of para-hydroxylation sites is 2. The van der Waals surface area contributed by atoms with Crippen LogP contribution in [0.15, 0.2) is 109 Å². The van der Waals surface area contributed by atoms with Crippen molar-refractivity contribution in [1.29, 1.82) is 0 Å². The number of rotatable bonds is 4. The van der Waals surface area contributed by atoms with Gasteiger partial charge >= 0.3 is 0 Å². The van der Waals surface area contributed by atoms with E-state index >= 15 is 0 Å². The van der Waals surface area contributed by atoms with Crippen LogP contribution in [0.4, 0.5) is 0 Å². The first kappa shape index (κ1) is 22.6. The lowest BCUT2D eigenvalue weighted by atomic mass is 10.1. The summed E-state index contributed by atoms with van der Waals surface area (Å²) in [5.74, 6) is 0. The second-order valence-corrected chi connectivity index (χ2v) is 10.0. The van der Waals surface area contributed by atoms with Crippen molar-refractivity contribution >= 4 is 55.8 Å². The lowest BCUT2D eigenvalue weighted by Crippen LogP contribution is -2.07. The normalized spacial score (nSPS) is 11.6. The van der Waals surface area contributed by atoms with Gasteiger partial charge in [0, 0.05) is 56.7 Å². The molecule has 184 valence electrons. The smallest absolute Gasteiger partial charge is 0.0491 e. The van der Waals surface area contributed by atoms with Crippen molar-refractivity contribution < 1.29 is 0 Å². The van der Waals surface area contributed by atoms with Crippen LogP contribution in [0, 0.1) is 0 Å². The average molecular weight is 491 g/mol. The van der Waals surface area contributed by atoms with Gasteiger partial charge in [0.2, 0.25) is 0 Å². The van der Waals surface area contributed by atoms with Crippen molar-refractivity contribution in [2.45, 2.75) is 26.9 Å². The summed E-state index contributed by atoms with van der Waals surface area (Å²) in [6.07, 6.45) is 4.54. The fraction of sp³-hybridized carbons (Fsp3) is 0.111.